The maximum atomic E-state index is 5.74. The van der Waals surface area contributed by atoms with Crippen LogP contribution in [0.3, 0.4) is 0 Å². The number of methoxy groups -OCH3 is 2. The van der Waals surface area contributed by atoms with Gasteiger partial charge in [-0.3, -0.25) is 0 Å². The second-order valence-corrected chi connectivity index (χ2v) is 7.78. The second kappa shape index (κ2) is 6.35. The summed E-state index contributed by atoms with van der Waals surface area (Å²) in [5, 5.41) is 0. The molecule has 0 saturated carbocycles. The van der Waals surface area contributed by atoms with Crippen LogP contribution in [0.1, 0.15) is 25.0 Å². The predicted octanol–water partition coefficient (Wildman–Crippen LogP) is 3.62. The van der Waals surface area contributed by atoms with E-state index in [2.05, 4.69) is 81.9 Å². The molecule has 138 valence electrons. The molecule has 26 heavy (non-hydrogen) atoms. The molecular formula is C22H29N2O2+. The Morgan fingerprint density at radius 3 is 2.19 bits per heavy atom. The van der Waals surface area contributed by atoms with E-state index in [0.717, 1.165) is 34.0 Å². The maximum absolute atomic E-state index is 5.74. The van der Waals surface area contributed by atoms with Gasteiger partial charge in [-0.15, -0.1) is 0 Å². The fraction of sp³-hybridized carbons (Fsp3) is 0.409. The van der Waals surface area contributed by atoms with Crippen molar-refractivity contribution in [3.05, 3.63) is 52.3 Å². The lowest BCUT2D eigenvalue weighted by Crippen LogP contribution is -2.30. The Kier molecular flexibility index (Phi) is 4.47. The van der Waals surface area contributed by atoms with Crippen molar-refractivity contribution in [3.8, 4) is 5.75 Å². The van der Waals surface area contributed by atoms with Crippen molar-refractivity contribution in [1.29, 1.82) is 0 Å². The van der Waals surface area contributed by atoms with Crippen LogP contribution in [0.5, 0.6) is 5.75 Å². The van der Waals surface area contributed by atoms with E-state index < -0.39 is 0 Å². The summed E-state index contributed by atoms with van der Waals surface area (Å²) >= 11 is 0. The van der Waals surface area contributed by atoms with E-state index in [9.17, 15) is 0 Å². The molecule has 0 spiro atoms. The highest BCUT2D eigenvalue weighted by molar-refractivity contribution is 6.05. The first-order valence-corrected chi connectivity index (χ1v) is 8.85. The number of nitrogens with zero attached hydrogens (tertiary/aromatic N) is 2. The summed E-state index contributed by atoms with van der Waals surface area (Å²) in [6.07, 6.45) is 6.57. The summed E-state index contributed by atoms with van der Waals surface area (Å²) in [5.74, 6) is 1.78. The smallest absolute Gasteiger partial charge is 0.203 e. The normalized spacial score (nSPS) is 17.4. The first kappa shape index (κ1) is 18.3. The Hall–Kier alpha value is -2.49. The van der Waals surface area contributed by atoms with Gasteiger partial charge in [-0.2, -0.15) is 0 Å². The van der Waals surface area contributed by atoms with E-state index >= 15 is 0 Å². The van der Waals surface area contributed by atoms with Crippen LogP contribution in [0.25, 0.3) is 6.08 Å². The minimum absolute atomic E-state index is 0.169. The van der Waals surface area contributed by atoms with Gasteiger partial charge in [0.2, 0.25) is 5.71 Å². The Labute approximate surface area is 156 Å². The van der Waals surface area contributed by atoms with Gasteiger partial charge >= 0.3 is 0 Å². The Morgan fingerprint density at radius 1 is 0.962 bits per heavy atom. The van der Waals surface area contributed by atoms with Crippen LogP contribution in [-0.2, 0) is 10.2 Å². The highest BCUT2D eigenvalue weighted by Crippen LogP contribution is 2.49. The quantitative estimate of drug-likeness (QED) is 0.776. The van der Waals surface area contributed by atoms with E-state index in [4.69, 9.17) is 9.47 Å². The van der Waals surface area contributed by atoms with E-state index in [0.29, 0.717) is 0 Å². The number of allylic oxidation sites excluding steroid dienone is 3. The molecule has 0 heterocycles. The van der Waals surface area contributed by atoms with Gasteiger partial charge in [0.25, 0.3) is 0 Å². The van der Waals surface area contributed by atoms with Gasteiger partial charge in [-0.1, -0.05) is 13.8 Å². The van der Waals surface area contributed by atoms with Gasteiger partial charge in [0, 0.05) is 48.5 Å². The van der Waals surface area contributed by atoms with E-state index in [1.54, 1.807) is 14.2 Å². The van der Waals surface area contributed by atoms with Crippen molar-refractivity contribution >= 4 is 17.5 Å². The number of ether oxygens (including phenoxy) is 2. The van der Waals surface area contributed by atoms with Gasteiger partial charge in [-0.05, 0) is 23.3 Å². The zero-order valence-corrected chi connectivity index (χ0v) is 17.1. The summed E-state index contributed by atoms with van der Waals surface area (Å²) < 4.78 is 13.6. The second-order valence-electron chi connectivity index (χ2n) is 7.78. The number of hydrogen-bond donors (Lipinski definition) is 0. The van der Waals surface area contributed by atoms with Crippen LogP contribution < -0.4 is 9.64 Å². The number of fused-ring (bicyclic) bond motifs is 2. The molecule has 0 fully saturated rings. The molecule has 4 heteroatoms. The Balaban J connectivity index is 2.35. The Morgan fingerprint density at radius 2 is 1.65 bits per heavy atom. The molecule has 0 atom stereocenters. The topological polar surface area (TPSA) is 24.7 Å². The molecule has 0 saturated heterocycles. The average molecular weight is 353 g/mol. The average Bonchev–Trinajstić information content (AvgIpc) is 2.60. The maximum Gasteiger partial charge on any atom is 0.203 e. The van der Waals surface area contributed by atoms with Crippen molar-refractivity contribution in [2.75, 3.05) is 47.3 Å². The zero-order valence-electron chi connectivity index (χ0n) is 17.1. The van der Waals surface area contributed by atoms with E-state index in [1.807, 2.05) is 0 Å². The highest BCUT2D eigenvalue weighted by atomic mass is 16.5. The minimum atomic E-state index is -0.169. The first-order valence-electron chi connectivity index (χ1n) is 8.85. The van der Waals surface area contributed by atoms with Crippen LogP contribution >= 0.6 is 0 Å². The van der Waals surface area contributed by atoms with Crippen LogP contribution in [0.2, 0.25) is 0 Å². The third kappa shape index (κ3) is 2.74. The fourth-order valence-electron chi connectivity index (χ4n) is 3.70. The number of hydrogen-bond acceptors (Lipinski definition) is 3. The first-order chi connectivity index (χ1) is 12.2. The van der Waals surface area contributed by atoms with Gasteiger partial charge in [-0.25, -0.2) is 4.58 Å². The predicted molar refractivity (Wildman–Crippen MR) is 109 cm³/mol. The molecule has 0 radical (unpaired) electrons. The van der Waals surface area contributed by atoms with Crippen LogP contribution in [-0.4, -0.2) is 52.7 Å². The van der Waals surface area contributed by atoms with Crippen molar-refractivity contribution in [2.24, 2.45) is 0 Å². The SMILES string of the molecule is COC1=CC(=[N+](C)C)C=C2C1=Cc1c(OC)cc(N(C)C)cc1C2(C)C. The third-order valence-electron chi connectivity index (χ3n) is 5.36. The molecule has 0 aliphatic heterocycles. The summed E-state index contributed by atoms with van der Waals surface area (Å²) in [7, 11) is 11.7. The molecule has 1 aromatic carbocycles. The monoisotopic (exact) mass is 353 g/mol. The van der Waals surface area contributed by atoms with Gasteiger partial charge in [0.05, 0.1) is 20.3 Å². The molecule has 0 N–H and O–H groups in total. The molecule has 0 aromatic heterocycles. The summed E-state index contributed by atoms with van der Waals surface area (Å²) in [5.41, 5.74) is 6.91. The van der Waals surface area contributed by atoms with E-state index in [-0.39, 0.29) is 5.41 Å². The van der Waals surface area contributed by atoms with Crippen molar-refractivity contribution in [1.82, 2.24) is 0 Å². The van der Waals surface area contributed by atoms with Gasteiger partial charge in [0.1, 0.15) is 25.6 Å². The molecule has 1 aromatic rings. The van der Waals surface area contributed by atoms with Gasteiger partial charge < -0.3 is 14.4 Å². The number of rotatable bonds is 3. The number of anilines is 1. The lowest BCUT2D eigenvalue weighted by Gasteiger charge is -2.38. The minimum Gasteiger partial charge on any atom is -0.496 e. The molecule has 3 rings (SSSR count). The molecule has 2 aliphatic carbocycles. The lowest BCUT2D eigenvalue weighted by molar-refractivity contribution is -0.462. The summed E-state index contributed by atoms with van der Waals surface area (Å²) in [4.78, 5) is 2.12. The lowest BCUT2D eigenvalue weighted by atomic mass is 9.67. The molecular weight excluding hydrogens is 324 g/mol. The molecule has 0 unspecified atom stereocenters. The molecule has 0 amide bonds. The Bertz CT molecular complexity index is 880. The highest BCUT2D eigenvalue weighted by Gasteiger charge is 2.39. The third-order valence-corrected chi connectivity index (χ3v) is 5.36. The molecule has 4 nitrogen and oxygen atoms in total. The fourth-order valence-corrected chi connectivity index (χ4v) is 3.70. The van der Waals surface area contributed by atoms with Crippen molar-refractivity contribution < 1.29 is 14.0 Å². The standard InChI is InChI=1S/C22H29N2O2/c1-22(2)18-9-14(23(3)4)11-20(25-7)16(18)13-17-19(22)10-15(24(5)6)12-21(17)26-8/h9-13H,1-8H3/q+1. The largest absolute Gasteiger partial charge is 0.496 e. The van der Waals surface area contributed by atoms with E-state index in [1.165, 1.54) is 11.1 Å². The van der Waals surface area contributed by atoms with Crippen LogP contribution in [0.4, 0.5) is 5.69 Å². The summed E-state index contributed by atoms with van der Waals surface area (Å²) in [6.45, 7) is 4.55. The number of benzene rings is 1. The van der Waals surface area contributed by atoms with Gasteiger partial charge in [0.15, 0.2) is 0 Å². The van der Waals surface area contributed by atoms with Crippen molar-refractivity contribution in [2.45, 2.75) is 19.3 Å². The van der Waals surface area contributed by atoms with Crippen LogP contribution in [0, 0.1) is 0 Å². The molecule has 0 bridgehead atoms. The zero-order chi connectivity index (χ0) is 19.2. The molecule has 2 aliphatic rings. The van der Waals surface area contributed by atoms with Crippen molar-refractivity contribution in [3.63, 3.8) is 0 Å². The summed E-state index contributed by atoms with van der Waals surface area (Å²) in [6, 6.07) is 4.36. The van der Waals surface area contributed by atoms with Crippen LogP contribution in [0.15, 0.2) is 41.2 Å².